The van der Waals surface area contributed by atoms with Crippen LogP contribution in [0.1, 0.15) is 13.3 Å². The highest BCUT2D eigenvalue weighted by Crippen LogP contribution is 2.09. The van der Waals surface area contributed by atoms with Gasteiger partial charge in [-0.05, 0) is 41.0 Å². The van der Waals surface area contributed by atoms with Gasteiger partial charge in [0.2, 0.25) is 0 Å². The number of nitrogens with zero attached hydrogens (tertiary/aromatic N) is 2. The molecule has 0 radical (unpaired) electrons. The number of likely N-dealkylation sites (N-methyl/N-ethyl adjacent to an activating group) is 1. The average molecular weight is 185 g/mol. The van der Waals surface area contributed by atoms with Crippen molar-refractivity contribution in [2.24, 2.45) is 0 Å². The third-order valence-corrected chi connectivity index (χ3v) is 3.00. The third kappa shape index (κ3) is 3.25. The van der Waals surface area contributed by atoms with E-state index < -0.39 is 0 Å². The Morgan fingerprint density at radius 1 is 1.38 bits per heavy atom. The molecule has 0 saturated carbocycles. The van der Waals surface area contributed by atoms with Crippen LogP contribution in [0.25, 0.3) is 0 Å². The average Bonchev–Trinajstić information content (AvgIpc) is 2.07. The van der Waals surface area contributed by atoms with E-state index in [0.717, 1.165) is 13.1 Å². The smallest absolute Gasteiger partial charge is 0.0233 e. The van der Waals surface area contributed by atoms with Crippen LogP contribution in [0.3, 0.4) is 0 Å². The molecule has 3 nitrogen and oxygen atoms in total. The first-order chi connectivity index (χ1) is 6.11. The van der Waals surface area contributed by atoms with Gasteiger partial charge in [-0.3, -0.25) is 4.90 Å². The summed E-state index contributed by atoms with van der Waals surface area (Å²) in [7, 11) is 6.52. The Balaban J connectivity index is 2.31. The molecule has 0 aromatic rings. The number of nitrogens with one attached hydrogen (secondary N) is 1. The maximum Gasteiger partial charge on any atom is 0.0233 e. The molecule has 0 amide bonds. The normalized spacial score (nSPS) is 31.2. The lowest BCUT2D eigenvalue weighted by Gasteiger charge is -2.38. The summed E-state index contributed by atoms with van der Waals surface area (Å²) in [5.41, 5.74) is 0. The Labute approximate surface area is 82.1 Å². The minimum atomic E-state index is 0.681. The molecule has 1 N–H and O–H groups in total. The van der Waals surface area contributed by atoms with Crippen LogP contribution in [-0.4, -0.2) is 62.7 Å². The van der Waals surface area contributed by atoms with Crippen LogP contribution in [0.4, 0.5) is 0 Å². The summed E-state index contributed by atoms with van der Waals surface area (Å²) >= 11 is 0. The second kappa shape index (κ2) is 4.94. The van der Waals surface area contributed by atoms with E-state index in [1.807, 2.05) is 0 Å². The molecule has 1 aliphatic heterocycles. The van der Waals surface area contributed by atoms with Crippen LogP contribution in [0, 0.1) is 0 Å². The van der Waals surface area contributed by atoms with Gasteiger partial charge in [0, 0.05) is 25.2 Å². The van der Waals surface area contributed by atoms with Gasteiger partial charge in [-0.2, -0.15) is 0 Å². The Bertz CT molecular complexity index is 147. The zero-order valence-electron chi connectivity index (χ0n) is 9.38. The first-order valence-corrected chi connectivity index (χ1v) is 5.18. The van der Waals surface area contributed by atoms with Gasteiger partial charge >= 0.3 is 0 Å². The van der Waals surface area contributed by atoms with E-state index >= 15 is 0 Å². The van der Waals surface area contributed by atoms with E-state index in [2.05, 4.69) is 43.2 Å². The quantitative estimate of drug-likeness (QED) is 0.679. The lowest BCUT2D eigenvalue weighted by Crippen LogP contribution is -2.54. The zero-order valence-corrected chi connectivity index (χ0v) is 9.38. The van der Waals surface area contributed by atoms with Crippen LogP contribution < -0.4 is 5.32 Å². The van der Waals surface area contributed by atoms with Crippen molar-refractivity contribution in [2.75, 3.05) is 40.8 Å². The molecule has 78 valence electrons. The van der Waals surface area contributed by atoms with Crippen molar-refractivity contribution >= 4 is 0 Å². The van der Waals surface area contributed by atoms with E-state index in [0.29, 0.717) is 12.1 Å². The topological polar surface area (TPSA) is 18.5 Å². The molecular formula is C10H23N3. The monoisotopic (exact) mass is 185 g/mol. The fourth-order valence-corrected chi connectivity index (χ4v) is 1.82. The molecular weight excluding hydrogens is 162 g/mol. The number of hydrogen-bond donors (Lipinski definition) is 1. The SMILES string of the molecule is C[C@@H]1CNCC(CCN(C)C)N1C. The number of hydrogen-bond acceptors (Lipinski definition) is 3. The predicted octanol–water partition coefficient (Wildman–Crippen LogP) is 0.230. The fraction of sp³-hybridized carbons (Fsp3) is 1.00. The molecule has 1 heterocycles. The highest BCUT2D eigenvalue weighted by molar-refractivity contribution is 4.82. The molecule has 0 aromatic carbocycles. The molecule has 13 heavy (non-hydrogen) atoms. The molecule has 2 atom stereocenters. The minimum absolute atomic E-state index is 0.681. The van der Waals surface area contributed by atoms with Gasteiger partial charge in [0.05, 0.1) is 0 Å². The maximum atomic E-state index is 3.48. The van der Waals surface area contributed by atoms with Crippen LogP contribution >= 0.6 is 0 Å². The molecule has 1 unspecified atom stereocenters. The van der Waals surface area contributed by atoms with E-state index in [-0.39, 0.29) is 0 Å². The van der Waals surface area contributed by atoms with Crippen LogP contribution in [0.2, 0.25) is 0 Å². The van der Waals surface area contributed by atoms with E-state index in [1.165, 1.54) is 13.0 Å². The Hall–Kier alpha value is -0.120. The number of piperazine rings is 1. The fourth-order valence-electron chi connectivity index (χ4n) is 1.82. The molecule has 1 fully saturated rings. The predicted molar refractivity (Wildman–Crippen MR) is 57.1 cm³/mol. The van der Waals surface area contributed by atoms with Gasteiger partial charge in [-0.25, -0.2) is 0 Å². The van der Waals surface area contributed by atoms with Crippen LogP contribution in [0.5, 0.6) is 0 Å². The van der Waals surface area contributed by atoms with Crippen LogP contribution in [-0.2, 0) is 0 Å². The molecule has 0 aliphatic carbocycles. The van der Waals surface area contributed by atoms with Crippen molar-refractivity contribution in [1.82, 2.24) is 15.1 Å². The summed E-state index contributed by atoms with van der Waals surface area (Å²) in [6.07, 6.45) is 1.26. The third-order valence-electron chi connectivity index (χ3n) is 3.00. The summed E-state index contributed by atoms with van der Waals surface area (Å²) in [6.45, 7) is 5.75. The van der Waals surface area contributed by atoms with Gasteiger partial charge in [-0.1, -0.05) is 0 Å². The second-order valence-electron chi connectivity index (χ2n) is 4.42. The van der Waals surface area contributed by atoms with E-state index in [4.69, 9.17) is 0 Å². The minimum Gasteiger partial charge on any atom is -0.314 e. The molecule has 1 rings (SSSR count). The summed E-state index contributed by atoms with van der Waals surface area (Å²) < 4.78 is 0. The summed E-state index contributed by atoms with van der Waals surface area (Å²) in [6, 6.07) is 1.40. The van der Waals surface area contributed by atoms with Crippen molar-refractivity contribution in [3.05, 3.63) is 0 Å². The van der Waals surface area contributed by atoms with Gasteiger partial charge in [0.15, 0.2) is 0 Å². The Morgan fingerprint density at radius 3 is 2.69 bits per heavy atom. The molecule has 0 bridgehead atoms. The Morgan fingerprint density at radius 2 is 2.08 bits per heavy atom. The van der Waals surface area contributed by atoms with E-state index in [9.17, 15) is 0 Å². The van der Waals surface area contributed by atoms with Gasteiger partial charge in [0.1, 0.15) is 0 Å². The Kier molecular flexibility index (Phi) is 4.16. The second-order valence-corrected chi connectivity index (χ2v) is 4.42. The highest BCUT2D eigenvalue weighted by Gasteiger charge is 2.23. The molecule has 1 aliphatic rings. The molecule has 3 heteroatoms. The van der Waals surface area contributed by atoms with Crippen molar-refractivity contribution in [3.63, 3.8) is 0 Å². The van der Waals surface area contributed by atoms with Crippen molar-refractivity contribution in [2.45, 2.75) is 25.4 Å². The van der Waals surface area contributed by atoms with Crippen molar-refractivity contribution in [1.29, 1.82) is 0 Å². The van der Waals surface area contributed by atoms with Gasteiger partial charge in [-0.15, -0.1) is 0 Å². The van der Waals surface area contributed by atoms with E-state index in [1.54, 1.807) is 0 Å². The summed E-state index contributed by atoms with van der Waals surface area (Å²) in [5.74, 6) is 0. The largest absolute Gasteiger partial charge is 0.314 e. The lowest BCUT2D eigenvalue weighted by atomic mass is 10.1. The summed E-state index contributed by atoms with van der Waals surface area (Å²) in [4.78, 5) is 4.76. The first-order valence-electron chi connectivity index (χ1n) is 5.18. The molecule has 0 aromatic heterocycles. The molecule has 1 saturated heterocycles. The van der Waals surface area contributed by atoms with Crippen LogP contribution in [0.15, 0.2) is 0 Å². The molecule has 0 spiro atoms. The standard InChI is InChI=1S/C10H23N3/c1-9-7-11-8-10(13(9)4)5-6-12(2)3/h9-11H,5-8H2,1-4H3/t9-,10?/m1/s1. The summed E-state index contributed by atoms with van der Waals surface area (Å²) in [5, 5.41) is 3.48. The van der Waals surface area contributed by atoms with Crippen molar-refractivity contribution < 1.29 is 0 Å². The van der Waals surface area contributed by atoms with Crippen molar-refractivity contribution in [3.8, 4) is 0 Å². The highest BCUT2D eigenvalue weighted by atomic mass is 15.2. The maximum absolute atomic E-state index is 3.48. The van der Waals surface area contributed by atoms with Gasteiger partial charge < -0.3 is 10.2 Å². The zero-order chi connectivity index (χ0) is 9.84. The first kappa shape index (κ1) is 11.0. The van der Waals surface area contributed by atoms with Gasteiger partial charge in [0.25, 0.3) is 0 Å². The lowest BCUT2D eigenvalue weighted by molar-refractivity contribution is 0.126. The number of rotatable bonds is 3.